The van der Waals surface area contributed by atoms with Gasteiger partial charge in [0.25, 0.3) is 0 Å². The van der Waals surface area contributed by atoms with E-state index < -0.39 is 17.4 Å². The molecule has 0 bridgehead atoms. The highest BCUT2D eigenvalue weighted by atomic mass is 35.5. The monoisotopic (exact) mass is 359 g/mol. The molecule has 0 saturated heterocycles. The molecule has 0 radical (unpaired) electrons. The first-order valence-corrected chi connectivity index (χ1v) is 8.91. The summed E-state index contributed by atoms with van der Waals surface area (Å²) in [5.74, 6) is -3.43. The van der Waals surface area contributed by atoms with Crippen molar-refractivity contribution in [3.8, 4) is 0 Å². The van der Waals surface area contributed by atoms with Crippen LogP contribution in [0.1, 0.15) is 57.6 Å². The number of hydrogen-bond donors (Lipinski definition) is 2. The van der Waals surface area contributed by atoms with Gasteiger partial charge in [0, 0.05) is 35.9 Å². The summed E-state index contributed by atoms with van der Waals surface area (Å²) in [6, 6.07) is 5.63. The molecular formula is C19H28ClF2NO. The number of benzene rings is 1. The van der Waals surface area contributed by atoms with E-state index in [9.17, 15) is 13.9 Å². The van der Waals surface area contributed by atoms with Crippen molar-refractivity contribution in [3.63, 3.8) is 0 Å². The van der Waals surface area contributed by atoms with E-state index in [1.807, 2.05) is 12.1 Å². The zero-order chi connectivity index (χ0) is 18.2. The minimum atomic E-state index is -2.76. The van der Waals surface area contributed by atoms with Gasteiger partial charge in [-0.1, -0.05) is 44.5 Å². The van der Waals surface area contributed by atoms with Gasteiger partial charge in [0.15, 0.2) is 0 Å². The largest absolute Gasteiger partial charge is 0.396 e. The van der Waals surface area contributed by atoms with Gasteiger partial charge in [-0.3, -0.25) is 0 Å². The van der Waals surface area contributed by atoms with E-state index in [-0.39, 0.29) is 31.3 Å². The van der Waals surface area contributed by atoms with E-state index in [1.165, 1.54) is 0 Å². The van der Waals surface area contributed by atoms with Crippen LogP contribution < -0.4 is 5.73 Å². The van der Waals surface area contributed by atoms with Crippen LogP contribution in [0.2, 0.25) is 5.02 Å². The summed E-state index contributed by atoms with van der Waals surface area (Å²) >= 11 is 6.42. The molecule has 1 aromatic rings. The van der Waals surface area contributed by atoms with Gasteiger partial charge in [0.1, 0.15) is 0 Å². The van der Waals surface area contributed by atoms with Gasteiger partial charge >= 0.3 is 0 Å². The Morgan fingerprint density at radius 2 is 1.96 bits per heavy atom. The van der Waals surface area contributed by atoms with Crippen LogP contribution in [0.25, 0.3) is 0 Å². The molecule has 1 aliphatic rings. The lowest BCUT2D eigenvalue weighted by atomic mass is 9.68. The Hall–Kier alpha value is -0.710. The lowest BCUT2D eigenvalue weighted by Crippen LogP contribution is -2.52. The Morgan fingerprint density at radius 1 is 1.29 bits per heavy atom. The number of halogens is 3. The number of aryl methyl sites for hydroxylation is 1. The van der Waals surface area contributed by atoms with E-state index in [2.05, 4.69) is 20.8 Å². The zero-order valence-electron chi connectivity index (χ0n) is 14.7. The van der Waals surface area contributed by atoms with E-state index >= 15 is 0 Å². The van der Waals surface area contributed by atoms with Gasteiger partial charge in [0.2, 0.25) is 5.92 Å². The maximum Gasteiger partial charge on any atom is 0.248 e. The molecule has 0 spiro atoms. The van der Waals surface area contributed by atoms with Gasteiger partial charge < -0.3 is 10.8 Å². The number of aliphatic hydroxyl groups excluding tert-OH is 1. The van der Waals surface area contributed by atoms with Crippen molar-refractivity contribution >= 4 is 11.6 Å². The lowest BCUT2D eigenvalue weighted by Gasteiger charge is -2.44. The van der Waals surface area contributed by atoms with Crippen LogP contribution in [0, 0.1) is 11.3 Å². The maximum atomic E-state index is 13.7. The third-order valence-corrected chi connectivity index (χ3v) is 5.49. The predicted octanol–water partition coefficient (Wildman–Crippen LogP) is 4.90. The van der Waals surface area contributed by atoms with Crippen molar-refractivity contribution in [3.05, 3.63) is 34.3 Å². The van der Waals surface area contributed by atoms with Crippen LogP contribution in [0.4, 0.5) is 8.78 Å². The summed E-state index contributed by atoms with van der Waals surface area (Å²) in [5.41, 5.74) is 7.51. The summed E-state index contributed by atoms with van der Waals surface area (Å²) in [4.78, 5) is 0. The van der Waals surface area contributed by atoms with Gasteiger partial charge in [0.05, 0.1) is 0 Å². The Balaban J connectivity index is 2.24. The third kappa shape index (κ3) is 4.47. The fourth-order valence-electron chi connectivity index (χ4n) is 3.40. The standard InChI is InChI=1S/C19H28ClF2NO/c1-17(2,3)7-6-13-4-5-14(10-16(13)20)19(23)9-8-18(21,22)11-15(19)12-24/h4-5,10,15,24H,6-9,11-12,23H2,1-3H3. The van der Waals surface area contributed by atoms with Crippen LogP contribution in [0.5, 0.6) is 0 Å². The van der Waals surface area contributed by atoms with Crippen molar-refractivity contribution in [2.75, 3.05) is 6.61 Å². The summed E-state index contributed by atoms with van der Waals surface area (Å²) < 4.78 is 27.3. The Kier molecular flexibility index (Phi) is 5.63. The first-order chi connectivity index (χ1) is 11.0. The molecule has 2 unspecified atom stereocenters. The van der Waals surface area contributed by atoms with Crippen molar-refractivity contribution in [2.45, 2.75) is 64.3 Å². The number of aliphatic hydroxyl groups is 1. The fraction of sp³-hybridized carbons (Fsp3) is 0.684. The second kappa shape index (κ2) is 6.89. The molecule has 1 fully saturated rings. The maximum absolute atomic E-state index is 13.7. The fourth-order valence-corrected chi connectivity index (χ4v) is 3.67. The molecule has 1 aliphatic carbocycles. The SMILES string of the molecule is CC(C)(C)CCc1ccc(C2(N)CCC(F)(F)CC2CO)cc1Cl. The average molecular weight is 360 g/mol. The predicted molar refractivity (Wildman–Crippen MR) is 94.5 cm³/mol. The quantitative estimate of drug-likeness (QED) is 0.803. The summed E-state index contributed by atoms with van der Waals surface area (Å²) in [7, 11) is 0. The minimum absolute atomic E-state index is 0.142. The number of nitrogens with two attached hydrogens (primary N) is 1. The van der Waals surface area contributed by atoms with Crippen LogP contribution in [0.3, 0.4) is 0 Å². The van der Waals surface area contributed by atoms with Crippen LogP contribution >= 0.6 is 11.6 Å². The van der Waals surface area contributed by atoms with Crippen molar-refractivity contribution in [1.82, 2.24) is 0 Å². The first-order valence-electron chi connectivity index (χ1n) is 8.53. The topological polar surface area (TPSA) is 46.2 Å². The normalized spacial score (nSPS) is 27.2. The number of rotatable bonds is 4. The first kappa shape index (κ1) is 19.6. The summed E-state index contributed by atoms with van der Waals surface area (Å²) in [6.45, 7) is 6.18. The number of hydrogen-bond acceptors (Lipinski definition) is 2. The molecule has 0 heterocycles. The van der Waals surface area contributed by atoms with Gasteiger partial charge in [-0.15, -0.1) is 0 Å². The molecule has 0 aromatic heterocycles. The molecule has 2 atom stereocenters. The molecule has 136 valence electrons. The smallest absolute Gasteiger partial charge is 0.248 e. The highest BCUT2D eigenvalue weighted by Crippen LogP contribution is 2.46. The van der Waals surface area contributed by atoms with Crippen molar-refractivity contribution in [1.29, 1.82) is 0 Å². The van der Waals surface area contributed by atoms with Crippen molar-refractivity contribution in [2.24, 2.45) is 17.1 Å². The molecule has 24 heavy (non-hydrogen) atoms. The van der Waals surface area contributed by atoms with E-state index in [0.29, 0.717) is 5.02 Å². The van der Waals surface area contributed by atoms with Crippen molar-refractivity contribution < 1.29 is 13.9 Å². The third-order valence-electron chi connectivity index (χ3n) is 5.13. The van der Waals surface area contributed by atoms with Crippen LogP contribution in [-0.4, -0.2) is 17.6 Å². The Labute approximate surface area is 148 Å². The van der Waals surface area contributed by atoms with Gasteiger partial charge in [-0.05, 0) is 41.9 Å². The molecule has 2 rings (SSSR count). The second-order valence-corrected chi connectivity index (χ2v) is 8.75. The molecule has 5 heteroatoms. The lowest BCUT2D eigenvalue weighted by molar-refractivity contribution is -0.0873. The molecule has 2 nitrogen and oxygen atoms in total. The molecular weight excluding hydrogens is 332 g/mol. The van der Waals surface area contributed by atoms with Gasteiger partial charge in [-0.25, -0.2) is 8.78 Å². The Morgan fingerprint density at radius 3 is 2.50 bits per heavy atom. The molecule has 1 saturated carbocycles. The molecule has 3 N–H and O–H groups in total. The van der Waals surface area contributed by atoms with Crippen LogP contribution in [0.15, 0.2) is 18.2 Å². The Bertz CT molecular complexity index is 585. The highest BCUT2D eigenvalue weighted by Gasteiger charge is 2.48. The molecule has 0 aliphatic heterocycles. The summed E-state index contributed by atoms with van der Waals surface area (Å²) in [5, 5.41) is 10.2. The highest BCUT2D eigenvalue weighted by molar-refractivity contribution is 6.31. The number of alkyl halides is 2. The second-order valence-electron chi connectivity index (χ2n) is 8.35. The van der Waals surface area contributed by atoms with E-state index in [1.54, 1.807) is 6.07 Å². The van der Waals surface area contributed by atoms with E-state index in [4.69, 9.17) is 17.3 Å². The average Bonchev–Trinajstić information content (AvgIpc) is 2.47. The summed E-state index contributed by atoms with van der Waals surface area (Å²) in [6.07, 6.45) is 1.36. The zero-order valence-corrected chi connectivity index (χ0v) is 15.5. The van der Waals surface area contributed by atoms with Gasteiger partial charge in [-0.2, -0.15) is 0 Å². The van der Waals surface area contributed by atoms with Crippen LogP contribution in [-0.2, 0) is 12.0 Å². The molecule has 1 aromatic carbocycles. The molecule has 0 amide bonds. The van der Waals surface area contributed by atoms with E-state index in [0.717, 1.165) is 24.0 Å². The minimum Gasteiger partial charge on any atom is -0.396 e.